The zero-order chi connectivity index (χ0) is 16.1. The first kappa shape index (κ1) is 16.0. The minimum absolute atomic E-state index is 0.0617. The van der Waals surface area contributed by atoms with Gasteiger partial charge >= 0.3 is 0 Å². The predicted molar refractivity (Wildman–Crippen MR) is 91.7 cm³/mol. The van der Waals surface area contributed by atoms with E-state index in [1.165, 1.54) is 0 Å². The van der Waals surface area contributed by atoms with Crippen molar-refractivity contribution in [2.45, 2.75) is 19.4 Å². The third-order valence-corrected chi connectivity index (χ3v) is 4.83. The van der Waals surface area contributed by atoms with Gasteiger partial charge in [-0.2, -0.15) is 0 Å². The second-order valence-corrected chi connectivity index (χ2v) is 6.44. The van der Waals surface area contributed by atoms with E-state index >= 15 is 0 Å². The number of carbonyl (C=O) groups excluding carboxylic acids is 1. The number of ether oxygens (including phenoxy) is 1. The molecule has 5 nitrogen and oxygen atoms in total. The number of nitrogens with zero attached hydrogens (tertiary/aromatic N) is 2. The number of piperidine rings is 1. The van der Waals surface area contributed by atoms with Crippen molar-refractivity contribution in [3.8, 4) is 5.75 Å². The maximum atomic E-state index is 12.5. The van der Waals surface area contributed by atoms with Crippen LogP contribution >= 0.6 is 11.3 Å². The van der Waals surface area contributed by atoms with Gasteiger partial charge in [0.2, 0.25) is 5.91 Å². The number of thiazole rings is 1. The average molecular weight is 331 g/mol. The number of amides is 1. The van der Waals surface area contributed by atoms with Crippen molar-refractivity contribution in [3.05, 3.63) is 40.8 Å². The van der Waals surface area contributed by atoms with Gasteiger partial charge < -0.3 is 10.1 Å². The number of methoxy groups -OCH3 is 1. The van der Waals surface area contributed by atoms with Gasteiger partial charge in [0.05, 0.1) is 24.0 Å². The summed E-state index contributed by atoms with van der Waals surface area (Å²) >= 11 is 1.62. The highest BCUT2D eigenvalue weighted by atomic mass is 32.1. The van der Waals surface area contributed by atoms with Gasteiger partial charge in [-0.15, -0.1) is 11.3 Å². The normalized spacial score (nSPS) is 16.2. The van der Waals surface area contributed by atoms with Gasteiger partial charge in [-0.05, 0) is 38.1 Å². The van der Waals surface area contributed by atoms with Gasteiger partial charge in [0.15, 0.2) is 0 Å². The monoisotopic (exact) mass is 331 g/mol. The fourth-order valence-electron chi connectivity index (χ4n) is 2.88. The SMILES string of the molecule is COc1ccccc1NC(=O)C1CCN(Cc2cscn2)CC1. The van der Waals surface area contributed by atoms with E-state index in [1.54, 1.807) is 18.4 Å². The molecule has 2 heterocycles. The quantitative estimate of drug-likeness (QED) is 0.915. The molecular weight excluding hydrogens is 310 g/mol. The molecule has 1 saturated heterocycles. The molecule has 1 aliphatic heterocycles. The summed E-state index contributed by atoms with van der Waals surface area (Å²) < 4.78 is 5.28. The van der Waals surface area contributed by atoms with Gasteiger partial charge in [0.25, 0.3) is 0 Å². The lowest BCUT2D eigenvalue weighted by Crippen LogP contribution is -2.37. The molecule has 1 aromatic heterocycles. The Kier molecular flexibility index (Phi) is 5.25. The minimum atomic E-state index is 0.0617. The largest absolute Gasteiger partial charge is 0.495 e. The van der Waals surface area contributed by atoms with E-state index in [9.17, 15) is 4.79 Å². The van der Waals surface area contributed by atoms with Crippen molar-refractivity contribution >= 4 is 22.9 Å². The summed E-state index contributed by atoms with van der Waals surface area (Å²) in [4.78, 5) is 19.1. The maximum absolute atomic E-state index is 12.5. The number of hydrogen-bond acceptors (Lipinski definition) is 5. The lowest BCUT2D eigenvalue weighted by atomic mass is 9.95. The minimum Gasteiger partial charge on any atom is -0.495 e. The van der Waals surface area contributed by atoms with Crippen LogP contribution in [0.2, 0.25) is 0 Å². The number of likely N-dealkylation sites (tertiary alicyclic amines) is 1. The van der Waals surface area contributed by atoms with E-state index in [-0.39, 0.29) is 11.8 Å². The molecule has 0 saturated carbocycles. The van der Waals surface area contributed by atoms with Gasteiger partial charge in [-0.25, -0.2) is 4.98 Å². The number of hydrogen-bond donors (Lipinski definition) is 1. The van der Waals surface area contributed by atoms with Gasteiger partial charge in [-0.1, -0.05) is 12.1 Å². The molecular formula is C17H21N3O2S. The molecule has 1 amide bonds. The number of rotatable bonds is 5. The van der Waals surface area contributed by atoms with E-state index in [1.807, 2.05) is 29.8 Å². The highest BCUT2D eigenvalue weighted by Gasteiger charge is 2.25. The molecule has 3 rings (SSSR count). The first-order valence-corrected chi connectivity index (χ1v) is 8.74. The van der Waals surface area contributed by atoms with Crippen molar-refractivity contribution in [1.82, 2.24) is 9.88 Å². The Hall–Kier alpha value is -1.92. The Morgan fingerprint density at radius 1 is 1.39 bits per heavy atom. The van der Waals surface area contributed by atoms with Crippen LogP contribution in [0.15, 0.2) is 35.2 Å². The van der Waals surface area contributed by atoms with Crippen molar-refractivity contribution in [2.75, 3.05) is 25.5 Å². The number of benzene rings is 1. The average Bonchev–Trinajstić information content (AvgIpc) is 3.09. The molecule has 0 aliphatic carbocycles. The number of anilines is 1. The van der Waals surface area contributed by atoms with E-state index in [2.05, 4.69) is 20.6 Å². The molecule has 23 heavy (non-hydrogen) atoms. The Bertz CT molecular complexity index is 637. The molecule has 2 aromatic rings. The number of para-hydroxylation sites is 2. The van der Waals surface area contributed by atoms with Crippen molar-refractivity contribution in [3.63, 3.8) is 0 Å². The second kappa shape index (κ2) is 7.57. The molecule has 0 atom stereocenters. The maximum Gasteiger partial charge on any atom is 0.227 e. The van der Waals surface area contributed by atoms with Crippen LogP contribution in [-0.2, 0) is 11.3 Å². The molecule has 0 unspecified atom stereocenters. The number of carbonyl (C=O) groups is 1. The van der Waals surface area contributed by atoms with Crippen LogP contribution in [0.25, 0.3) is 0 Å². The Morgan fingerprint density at radius 2 is 2.17 bits per heavy atom. The zero-order valence-corrected chi connectivity index (χ0v) is 14.0. The van der Waals surface area contributed by atoms with Crippen LogP contribution in [-0.4, -0.2) is 36.0 Å². The summed E-state index contributed by atoms with van der Waals surface area (Å²) in [6, 6.07) is 7.51. The van der Waals surface area contributed by atoms with Crippen LogP contribution in [0, 0.1) is 5.92 Å². The first-order chi connectivity index (χ1) is 11.3. The summed E-state index contributed by atoms with van der Waals surface area (Å²) in [6.45, 7) is 2.74. The third-order valence-electron chi connectivity index (χ3n) is 4.19. The molecule has 6 heteroatoms. The van der Waals surface area contributed by atoms with Crippen LogP contribution in [0.4, 0.5) is 5.69 Å². The fraction of sp³-hybridized carbons (Fsp3) is 0.412. The van der Waals surface area contributed by atoms with Gasteiger partial charge in [-0.3, -0.25) is 9.69 Å². The van der Waals surface area contributed by atoms with E-state index in [0.29, 0.717) is 5.75 Å². The molecule has 1 aliphatic rings. The molecule has 1 N–H and O–H groups in total. The molecule has 0 spiro atoms. The fourth-order valence-corrected chi connectivity index (χ4v) is 3.43. The summed E-state index contributed by atoms with van der Waals surface area (Å²) in [5.41, 5.74) is 3.72. The first-order valence-electron chi connectivity index (χ1n) is 7.79. The standard InChI is InChI=1S/C17H21N3O2S/c1-22-16-5-3-2-4-15(16)19-17(21)13-6-8-20(9-7-13)10-14-11-23-12-18-14/h2-5,11-13H,6-10H2,1H3,(H,19,21). The van der Waals surface area contributed by atoms with Crippen molar-refractivity contribution < 1.29 is 9.53 Å². The lowest BCUT2D eigenvalue weighted by Gasteiger charge is -2.30. The summed E-state index contributed by atoms with van der Waals surface area (Å²) in [6.07, 6.45) is 1.76. The van der Waals surface area contributed by atoms with E-state index < -0.39 is 0 Å². The summed E-state index contributed by atoms with van der Waals surface area (Å²) in [5.74, 6) is 0.844. The molecule has 1 aromatic carbocycles. The summed E-state index contributed by atoms with van der Waals surface area (Å²) in [5, 5.41) is 5.08. The highest BCUT2D eigenvalue weighted by Crippen LogP contribution is 2.26. The number of aromatic nitrogens is 1. The molecule has 0 radical (unpaired) electrons. The Balaban J connectivity index is 1.52. The van der Waals surface area contributed by atoms with Gasteiger partial charge in [0, 0.05) is 17.8 Å². The van der Waals surface area contributed by atoms with Crippen molar-refractivity contribution in [1.29, 1.82) is 0 Å². The lowest BCUT2D eigenvalue weighted by molar-refractivity contribution is -0.121. The Morgan fingerprint density at radius 3 is 2.87 bits per heavy atom. The second-order valence-electron chi connectivity index (χ2n) is 5.72. The van der Waals surface area contributed by atoms with Crippen LogP contribution in [0.5, 0.6) is 5.75 Å². The van der Waals surface area contributed by atoms with E-state index in [0.717, 1.165) is 43.9 Å². The zero-order valence-electron chi connectivity index (χ0n) is 13.2. The van der Waals surface area contributed by atoms with Gasteiger partial charge in [0.1, 0.15) is 5.75 Å². The third kappa shape index (κ3) is 4.09. The topological polar surface area (TPSA) is 54.5 Å². The highest BCUT2D eigenvalue weighted by molar-refractivity contribution is 7.07. The van der Waals surface area contributed by atoms with Crippen LogP contribution in [0.1, 0.15) is 18.5 Å². The smallest absolute Gasteiger partial charge is 0.227 e. The van der Waals surface area contributed by atoms with Crippen LogP contribution in [0.3, 0.4) is 0 Å². The van der Waals surface area contributed by atoms with Crippen LogP contribution < -0.4 is 10.1 Å². The molecule has 122 valence electrons. The molecule has 0 bridgehead atoms. The summed E-state index contributed by atoms with van der Waals surface area (Å²) in [7, 11) is 1.61. The number of nitrogens with one attached hydrogen (secondary N) is 1. The predicted octanol–water partition coefficient (Wildman–Crippen LogP) is 3.00. The van der Waals surface area contributed by atoms with E-state index in [4.69, 9.17) is 4.74 Å². The van der Waals surface area contributed by atoms with Crippen molar-refractivity contribution in [2.24, 2.45) is 5.92 Å². The molecule has 1 fully saturated rings. The Labute approximate surface area is 140 Å².